The van der Waals surface area contributed by atoms with Crippen LogP contribution in [0.2, 0.25) is 0 Å². The van der Waals surface area contributed by atoms with Gasteiger partial charge in [-0.1, -0.05) is 30.3 Å². The maximum absolute atomic E-state index is 13.2. The Bertz CT molecular complexity index is 1280. The fourth-order valence-corrected chi connectivity index (χ4v) is 6.30. The molecule has 8 heteroatoms. The summed E-state index contributed by atoms with van der Waals surface area (Å²) in [6, 6.07) is 18.5. The molecule has 2 aromatic carbocycles. The zero-order chi connectivity index (χ0) is 20.7. The van der Waals surface area contributed by atoms with Crippen LogP contribution >= 0.6 is 11.3 Å². The van der Waals surface area contributed by atoms with Crippen molar-refractivity contribution in [1.29, 1.82) is 0 Å². The van der Waals surface area contributed by atoms with Gasteiger partial charge in [0.1, 0.15) is 0 Å². The van der Waals surface area contributed by atoms with E-state index < -0.39 is 10.0 Å². The summed E-state index contributed by atoms with van der Waals surface area (Å²) in [5.41, 5.74) is 2.13. The largest absolute Gasteiger partial charge is 0.380 e. The Kier molecular flexibility index (Phi) is 4.85. The number of thiophene rings is 1. The molecule has 5 rings (SSSR count). The summed E-state index contributed by atoms with van der Waals surface area (Å²) in [4.78, 5) is 4.08. The molecule has 30 heavy (non-hydrogen) atoms. The van der Waals surface area contributed by atoms with Crippen molar-refractivity contribution in [2.45, 2.75) is 17.0 Å². The fourth-order valence-electron chi connectivity index (χ4n) is 4.07. The molecule has 1 saturated heterocycles. The zero-order valence-electron chi connectivity index (χ0n) is 16.5. The number of benzene rings is 2. The number of nitrogens with one attached hydrogen (secondary N) is 1. The predicted octanol–water partition coefficient (Wildman–Crippen LogP) is 3.90. The average Bonchev–Trinajstić information content (AvgIpc) is 3.48. The molecule has 0 saturated carbocycles. The molecule has 4 aromatic rings. The summed E-state index contributed by atoms with van der Waals surface area (Å²) in [6.07, 6.45) is 3.07. The fraction of sp³-hybridized carbons (Fsp3) is 0.227. The second-order valence-corrected chi connectivity index (χ2v) is 10.5. The Morgan fingerprint density at radius 1 is 1.10 bits per heavy atom. The van der Waals surface area contributed by atoms with Crippen molar-refractivity contribution in [1.82, 2.24) is 13.9 Å². The molecule has 0 aliphatic carbocycles. The van der Waals surface area contributed by atoms with E-state index in [2.05, 4.69) is 52.1 Å². The van der Waals surface area contributed by atoms with Crippen molar-refractivity contribution in [2.24, 2.45) is 7.05 Å². The van der Waals surface area contributed by atoms with Crippen molar-refractivity contribution in [3.8, 4) is 0 Å². The van der Waals surface area contributed by atoms with E-state index in [1.54, 1.807) is 33.5 Å². The average molecular weight is 439 g/mol. The first-order valence-electron chi connectivity index (χ1n) is 9.77. The lowest BCUT2D eigenvalue weighted by Crippen LogP contribution is -2.32. The van der Waals surface area contributed by atoms with Crippen LogP contribution in [0, 0.1) is 0 Å². The summed E-state index contributed by atoms with van der Waals surface area (Å²) in [5, 5.41) is 6.97. The maximum atomic E-state index is 13.2. The number of anilines is 1. The smallest absolute Gasteiger partial charge is 0.262 e. The third kappa shape index (κ3) is 3.51. The first kappa shape index (κ1) is 19.3. The summed E-state index contributed by atoms with van der Waals surface area (Å²) in [5.74, 6) is 0.0443. The molecule has 0 amide bonds. The van der Waals surface area contributed by atoms with E-state index in [0.29, 0.717) is 13.1 Å². The van der Waals surface area contributed by atoms with Gasteiger partial charge in [0, 0.05) is 48.7 Å². The molecular weight excluding hydrogens is 416 g/mol. The number of hydrogen-bond acceptors (Lipinski definition) is 5. The van der Waals surface area contributed by atoms with Gasteiger partial charge in [-0.2, -0.15) is 4.31 Å². The van der Waals surface area contributed by atoms with Gasteiger partial charge in [-0.15, -0.1) is 11.3 Å². The number of aryl methyl sites for hydroxylation is 1. The van der Waals surface area contributed by atoms with Crippen LogP contribution in [0.4, 0.5) is 5.69 Å². The molecular formula is C22H22N4O2S2. The number of imidazole rings is 1. The second-order valence-electron chi connectivity index (χ2n) is 7.64. The van der Waals surface area contributed by atoms with Crippen LogP contribution in [0.3, 0.4) is 0 Å². The molecule has 0 spiro atoms. The molecule has 0 radical (unpaired) electrons. The van der Waals surface area contributed by atoms with E-state index in [9.17, 15) is 8.42 Å². The van der Waals surface area contributed by atoms with E-state index in [-0.39, 0.29) is 17.0 Å². The zero-order valence-corrected chi connectivity index (χ0v) is 18.1. The number of aromatic nitrogens is 2. The lowest BCUT2D eigenvalue weighted by Gasteiger charge is -2.21. The minimum atomic E-state index is -3.65. The van der Waals surface area contributed by atoms with Gasteiger partial charge in [-0.25, -0.2) is 13.4 Å². The molecule has 0 bridgehead atoms. The number of sulfonamides is 1. The molecule has 1 aliphatic heterocycles. The first-order chi connectivity index (χ1) is 14.5. The van der Waals surface area contributed by atoms with Gasteiger partial charge in [-0.3, -0.25) is 0 Å². The Morgan fingerprint density at radius 3 is 2.70 bits per heavy atom. The summed E-state index contributed by atoms with van der Waals surface area (Å²) >= 11 is 1.72. The lowest BCUT2D eigenvalue weighted by molar-refractivity contribution is 0.468. The van der Waals surface area contributed by atoms with Crippen molar-refractivity contribution in [2.75, 3.05) is 18.4 Å². The normalized spacial score (nSPS) is 20.0. The van der Waals surface area contributed by atoms with Crippen LogP contribution in [-0.4, -0.2) is 41.4 Å². The molecule has 1 fully saturated rings. The highest BCUT2D eigenvalue weighted by Gasteiger charge is 2.40. The minimum Gasteiger partial charge on any atom is -0.380 e. The summed E-state index contributed by atoms with van der Waals surface area (Å²) in [7, 11) is -1.88. The standard InChI is InChI=1S/C22H22N4O2S2/c1-25-14-22(23-15-25)30(27,28)26-12-19(16-5-3-2-4-6-16)20(13-26)24-18-7-8-21-17(11-18)9-10-29-21/h2-11,14-15,19-20,24H,12-13H2,1H3. The molecule has 2 unspecified atom stereocenters. The maximum Gasteiger partial charge on any atom is 0.262 e. The number of fused-ring (bicyclic) bond motifs is 1. The van der Waals surface area contributed by atoms with Crippen LogP contribution in [0.5, 0.6) is 0 Å². The topological polar surface area (TPSA) is 67.2 Å². The highest BCUT2D eigenvalue weighted by Crippen LogP contribution is 2.34. The van der Waals surface area contributed by atoms with Gasteiger partial charge in [0.2, 0.25) is 0 Å². The van der Waals surface area contributed by atoms with Gasteiger partial charge in [0.15, 0.2) is 5.03 Å². The number of nitrogens with zero attached hydrogens (tertiary/aromatic N) is 3. The van der Waals surface area contributed by atoms with Crippen molar-refractivity contribution in [3.05, 3.63) is 78.1 Å². The molecule has 1 aliphatic rings. The van der Waals surface area contributed by atoms with Crippen molar-refractivity contribution in [3.63, 3.8) is 0 Å². The van der Waals surface area contributed by atoms with Crippen LogP contribution in [0.25, 0.3) is 10.1 Å². The van der Waals surface area contributed by atoms with E-state index in [4.69, 9.17) is 0 Å². The lowest BCUT2D eigenvalue weighted by atomic mass is 9.94. The molecule has 6 nitrogen and oxygen atoms in total. The Hall–Kier alpha value is -2.68. The summed E-state index contributed by atoms with van der Waals surface area (Å²) < 4.78 is 30.8. The first-order valence-corrected chi connectivity index (χ1v) is 12.1. The van der Waals surface area contributed by atoms with E-state index >= 15 is 0 Å². The number of rotatable bonds is 5. The minimum absolute atomic E-state index is 0.0398. The molecule has 2 aromatic heterocycles. The third-order valence-corrected chi connectivity index (χ3v) is 8.22. The van der Waals surface area contributed by atoms with E-state index in [0.717, 1.165) is 11.3 Å². The van der Waals surface area contributed by atoms with E-state index in [1.807, 2.05) is 18.2 Å². The van der Waals surface area contributed by atoms with Crippen LogP contribution in [-0.2, 0) is 17.1 Å². The van der Waals surface area contributed by atoms with Gasteiger partial charge in [0.05, 0.1) is 6.33 Å². The van der Waals surface area contributed by atoms with Crippen LogP contribution in [0.15, 0.2) is 77.5 Å². The molecule has 2 atom stereocenters. The monoisotopic (exact) mass is 438 g/mol. The van der Waals surface area contributed by atoms with Gasteiger partial charge in [0.25, 0.3) is 10.0 Å². The second kappa shape index (κ2) is 7.54. The van der Waals surface area contributed by atoms with E-state index in [1.165, 1.54) is 16.4 Å². The molecule has 3 heterocycles. The van der Waals surface area contributed by atoms with Crippen molar-refractivity contribution < 1.29 is 8.42 Å². The van der Waals surface area contributed by atoms with Crippen molar-refractivity contribution >= 4 is 37.1 Å². The quantitative estimate of drug-likeness (QED) is 0.513. The Morgan fingerprint density at radius 2 is 1.93 bits per heavy atom. The van der Waals surface area contributed by atoms with Crippen LogP contribution < -0.4 is 5.32 Å². The van der Waals surface area contributed by atoms with Gasteiger partial charge >= 0.3 is 0 Å². The van der Waals surface area contributed by atoms with Gasteiger partial charge < -0.3 is 9.88 Å². The number of hydrogen-bond donors (Lipinski definition) is 1. The van der Waals surface area contributed by atoms with Crippen LogP contribution in [0.1, 0.15) is 11.5 Å². The summed E-state index contributed by atoms with van der Waals surface area (Å²) in [6.45, 7) is 0.807. The highest BCUT2D eigenvalue weighted by molar-refractivity contribution is 7.89. The van der Waals surface area contributed by atoms with Gasteiger partial charge in [-0.05, 0) is 40.6 Å². The highest BCUT2D eigenvalue weighted by atomic mass is 32.2. The Labute approximate surface area is 179 Å². The third-order valence-electron chi connectivity index (χ3n) is 5.60. The predicted molar refractivity (Wildman–Crippen MR) is 120 cm³/mol. The Balaban J connectivity index is 1.47. The molecule has 1 N–H and O–H groups in total. The SMILES string of the molecule is Cn1cnc(S(=O)(=O)N2CC(Nc3ccc4sccc4c3)C(c3ccccc3)C2)c1. The molecule has 154 valence electrons.